The number of hydrogen-bond donors (Lipinski definition) is 1. The van der Waals surface area contributed by atoms with Crippen molar-refractivity contribution >= 4 is 0 Å². The van der Waals surface area contributed by atoms with E-state index in [2.05, 4.69) is 28.9 Å². The van der Waals surface area contributed by atoms with Gasteiger partial charge in [-0.25, -0.2) is 4.98 Å². The number of aryl methyl sites for hydroxylation is 1. The molecule has 17 heavy (non-hydrogen) atoms. The molecule has 0 saturated carbocycles. The van der Waals surface area contributed by atoms with Crippen LogP contribution in [0.2, 0.25) is 0 Å². The number of rotatable bonds is 3. The van der Waals surface area contributed by atoms with Crippen molar-refractivity contribution in [2.45, 2.75) is 20.3 Å². The van der Waals surface area contributed by atoms with Gasteiger partial charge in [-0.15, -0.1) is 0 Å². The molecule has 2 aromatic heterocycles. The smallest absolute Gasteiger partial charge is 0.251 e. The van der Waals surface area contributed by atoms with Crippen LogP contribution in [-0.2, 0) is 13.5 Å². The van der Waals surface area contributed by atoms with Crippen LogP contribution in [0.15, 0.2) is 23.1 Å². The number of aromatic nitrogens is 4. The summed E-state index contributed by atoms with van der Waals surface area (Å²) >= 11 is 0. The van der Waals surface area contributed by atoms with Gasteiger partial charge in [0.15, 0.2) is 5.82 Å². The van der Waals surface area contributed by atoms with Crippen LogP contribution in [-0.4, -0.2) is 19.7 Å². The maximum Gasteiger partial charge on any atom is 0.251 e. The highest BCUT2D eigenvalue weighted by atomic mass is 16.1. The Kier molecular flexibility index (Phi) is 3.08. The minimum atomic E-state index is -0.119. The third-order valence-corrected chi connectivity index (χ3v) is 2.48. The largest absolute Gasteiger partial charge is 0.305 e. The predicted molar refractivity (Wildman–Crippen MR) is 65.6 cm³/mol. The van der Waals surface area contributed by atoms with Crippen LogP contribution >= 0.6 is 0 Å². The molecule has 0 aromatic carbocycles. The van der Waals surface area contributed by atoms with Gasteiger partial charge in [-0.05, 0) is 18.4 Å². The lowest BCUT2D eigenvalue weighted by Crippen LogP contribution is -2.13. The maximum absolute atomic E-state index is 11.6. The van der Waals surface area contributed by atoms with E-state index in [1.807, 2.05) is 13.1 Å². The van der Waals surface area contributed by atoms with Gasteiger partial charge in [-0.2, -0.15) is 5.10 Å². The van der Waals surface area contributed by atoms with E-state index in [0.717, 1.165) is 17.8 Å². The minimum Gasteiger partial charge on any atom is -0.305 e. The average molecular weight is 232 g/mol. The molecule has 2 rings (SSSR count). The average Bonchev–Trinajstić information content (AvgIpc) is 2.62. The van der Waals surface area contributed by atoms with Crippen LogP contribution in [0.25, 0.3) is 11.5 Å². The molecule has 0 fully saturated rings. The molecule has 0 aliphatic carbocycles. The van der Waals surface area contributed by atoms with Crippen LogP contribution in [0.1, 0.15) is 19.5 Å². The third kappa shape index (κ3) is 2.61. The van der Waals surface area contributed by atoms with Crippen molar-refractivity contribution in [1.29, 1.82) is 0 Å². The standard InChI is InChI=1S/C12H16N4O/c1-8(2)6-9-7-11(17)15-12(14-9)10-4-5-13-16(10)3/h4-5,7-8H,6H2,1-3H3,(H,14,15,17). The van der Waals surface area contributed by atoms with Crippen LogP contribution in [0.4, 0.5) is 0 Å². The first-order valence-corrected chi connectivity index (χ1v) is 5.65. The van der Waals surface area contributed by atoms with E-state index < -0.39 is 0 Å². The highest BCUT2D eigenvalue weighted by molar-refractivity contribution is 5.48. The SMILES string of the molecule is CC(C)Cc1cc(=O)[nH]c(-c2ccnn2C)n1. The Morgan fingerprint density at radius 1 is 1.47 bits per heavy atom. The third-order valence-electron chi connectivity index (χ3n) is 2.48. The molecule has 90 valence electrons. The molecule has 2 aromatic rings. The van der Waals surface area contributed by atoms with Crippen LogP contribution in [0, 0.1) is 5.92 Å². The lowest BCUT2D eigenvalue weighted by molar-refractivity contribution is 0.633. The summed E-state index contributed by atoms with van der Waals surface area (Å²) in [6.45, 7) is 4.21. The highest BCUT2D eigenvalue weighted by Gasteiger charge is 2.08. The van der Waals surface area contributed by atoms with Gasteiger partial charge in [-0.1, -0.05) is 13.8 Å². The summed E-state index contributed by atoms with van der Waals surface area (Å²) in [5, 5.41) is 4.07. The zero-order valence-corrected chi connectivity index (χ0v) is 10.3. The van der Waals surface area contributed by atoms with Gasteiger partial charge in [-0.3, -0.25) is 9.48 Å². The highest BCUT2D eigenvalue weighted by Crippen LogP contribution is 2.12. The Bertz CT molecular complexity index is 568. The summed E-state index contributed by atoms with van der Waals surface area (Å²) in [6, 6.07) is 3.39. The fourth-order valence-electron chi connectivity index (χ4n) is 1.76. The number of nitrogens with one attached hydrogen (secondary N) is 1. The fraction of sp³-hybridized carbons (Fsp3) is 0.417. The van der Waals surface area contributed by atoms with Crippen LogP contribution < -0.4 is 5.56 Å². The molecule has 1 N–H and O–H groups in total. The van der Waals surface area contributed by atoms with Gasteiger partial charge in [0.05, 0.1) is 0 Å². The number of aromatic amines is 1. The van der Waals surface area contributed by atoms with Crippen molar-refractivity contribution in [3.63, 3.8) is 0 Å². The van der Waals surface area contributed by atoms with Crippen LogP contribution in [0.5, 0.6) is 0 Å². The van der Waals surface area contributed by atoms with Crippen molar-refractivity contribution in [3.05, 3.63) is 34.4 Å². The summed E-state index contributed by atoms with van der Waals surface area (Å²) < 4.78 is 1.69. The topological polar surface area (TPSA) is 63.6 Å². The second kappa shape index (κ2) is 4.53. The molecular weight excluding hydrogens is 216 g/mol. The van der Waals surface area contributed by atoms with Gasteiger partial charge >= 0.3 is 0 Å². The first kappa shape index (κ1) is 11.6. The molecule has 0 aliphatic rings. The molecule has 0 atom stereocenters. The second-order valence-electron chi connectivity index (χ2n) is 4.52. The first-order chi connectivity index (χ1) is 8.06. The monoisotopic (exact) mass is 232 g/mol. The zero-order valence-electron chi connectivity index (χ0n) is 10.3. The van der Waals surface area contributed by atoms with Gasteiger partial charge in [0.1, 0.15) is 5.69 Å². The van der Waals surface area contributed by atoms with Crippen molar-refractivity contribution in [2.75, 3.05) is 0 Å². The Labute approximate surface area is 99.5 Å². The van der Waals surface area contributed by atoms with Crippen molar-refractivity contribution in [1.82, 2.24) is 19.7 Å². The molecule has 0 bridgehead atoms. The Morgan fingerprint density at radius 3 is 2.82 bits per heavy atom. The lowest BCUT2D eigenvalue weighted by atomic mass is 10.1. The summed E-state index contributed by atoms with van der Waals surface area (Å²) in [5.41, 5.74) is 1.51. The molecular formula is C12H16N4O. The molecule has 0 spiro atoms. The first-order valence-electron chi connectivity index (χ1n) is 5.65. The second-order valence-corrected chi connectivity index (χ2v) is 4.52. The lowest BCUT2D eigenvalue weighted by Gasteiger charge is -2.06. The Morgan fingerprint density at radius 2 is 2.24 bits per heavy atom. The molecule has 0 amide bonds. The van der Waals surface area contributed by atoms with Gasteiger partial charge < -0.3 is 4.98 Å². The van der Waals surface area contributed by atoms with Crippen LogP contribution in [0.3, 0.4) is 0 Å². The zero-order chi connectivity index (χ0) is 12.4. The quantitative estimate of drug-likeness (QED) is 0.869. The number of nitrogens with zero attached hydrogens (tertiary/aromatic N) is 3. The molecule has 0 aliphatic heterocycles. The summed E-state index contributed by atoms with van der Waals surface area (Å²) in [4.78, 5) is 18.8. The molecule has 5 heteroatoms. The number of hydrogen-bond acceptors (Lipinski definition) is 3. The maximum atomic E-state index is 11.6. The van der Waals surface area contributed by atoms with Crippen molar-refractivity contribution in [2.24, 2.45) is 13.0 Å². The van der Waals surface area contributed by atoms with E-state index in [9.17, 15) is 4.79 Å². The van der Waals surface area contributed by atoms with Crippen molar-refractivity contribution < 1.29 is 0 Å². The van der Waals surface area contributed by atoms with Gasteiger partial charge in [0.25, 0.3) is 5.56 Å². The molecule has 2 heterocycles. The van der Waals surface area contributed by atoms with Gasteiger partial charge in [0.2, 0.25) is 0 Å². The van der Waals surface area contributed by atoms with E-state index in [1.165, 1.54) is 0 Å². The van der Waals surface area contributed by atoms with E-state index in [-0.39, 0.29) is 5.56 Å². The molecule has 0 saturated heterocycles. The Balaban J connectivity index is 2.45. The molecule has 0 unspecified atom stereocenters. The normalized spacial score (nSPS) is 11.1. The summed E-state index contributed by atoms with van der Waals surface area (Å²) in [7, 11) is 1.82. The predicted octanol–water partition coefficient (Wildman–Crippen LogP) is 1.37. The number of H-pyrrole nitrogens is 1. The molecule has 0 radical (unpaired) electrons. The fourth-order valence-corrected chi connectivity index (χ4v) is 1.76. The van der Waals surface area contributed by atoms with Gasteiger partial charge in [0, 0.05) is 25.0 Å². The summed E-state index contributed by atoms with van der Waals surface area (Å²) in [5.74, 6) is 1.05. The summed E-state index contributed by atoms with van der Waals surface area (Å²) in [6.07, 6.45) is 2.49. The molecule has 5 nitrogen and oxygen atoms in total. The van der Waals surface area contributed by atoms with E-state index in [1.54, 1.807) is 16.9 Å². The van der Waals surface area contributed by atoms with Crippen molar-refractivity contribution in [3.8, 4) is 11.5 Å². The van der Waals surface area contributed by atoms with E-state index >= 15 is 0 Å². The van der Waals surface area contributed by atoms with E-state index in [0.29, 0.717) is 11.7 Å². The van der Waals surface area contributed by atoms with E-state index in [4.69, 9.17) is 0 Å². The minimum absolute atomic E-state index is 0.119. The Hall–Kier alpha value is -1.91.